The third-order valence-corrected chi connectivity index (χ3v) is 14.1. The van der Waals surface area contributed by atoms with Crippen molar-refractivity contribution in [2.24, 2.45) is 0 Å². The van der Waals surface area contributed by atoms with Gasteiger partial charge in [0.05, 0.1) is 0 Å². The first kappa shape index (κ1) is 72.6. The van der Waals surface area contributed by atoms with E-state index in [1.54, 1.807) is 0 Å². The molecule has 0 aromatic heterocycles. The zero-order valence-electron chi connectivity index (χ0n) is 50.3. The lowest BCUT2D eigenvalue weighted by Gasteiger charge is -2.18. The van der Waals surface area contributed by atoms with Crippen LogP contribution in [0, 0.1) is 0 Å². The van der Waals surface area contributed by atoms with Crippen LogP contribution in [-0.2, 0) is 28.6 Å². The van der Waals surface area contributed by atoms with Crippen LogP contribution in [0.15, 0.2) is 85.1 Å². The maximum absolute atomic E-state index is 12.9. The van der Waals surface area contributed by atoms with Gasteiger partial charge in [-0.25, -0.2) is 0 Å². The summed E-state index contributed by atoms with van der Waals surface area (Å²) < 4.78 is 16.9. The van der Waals surface area contributed by atoms with Crippen LogP contribution in [0.4, 0.5) is 0 Å². The van der Waals surface area contributed by atoms with E-state index in [0.717, 1.165) is 109 Å². The minimum atomic E-state index is -0.781. The van der Waals surface area contributed by atoms with Crippen LogP contribution in [0.3, 0.4) is 0 Å². The van der Waals surface area contributed by atoms with E-state index in [-0.39, 0.29) is 31.1 Å². The van der Waals surface area contributed by atoms with Crippen molar-refractivity contribution in [1.82, 2.24) is 0 Å². The number of esters is 3. The molecule has 1 unspecified atom stereocenters. The maximum atomic E-state index is 12.9. The lowest BCUT2D eigenvalue weighted by Crippen LogP contribution is -2.30. The van der Waals surface area contributed by atoms with Gasteiger partial charge in [-0.3, -0.25) is 14.4 Å². The average Bonchev–Trinajstić information content (AvgIpc) is 3.42. The van der Waals surface area contributed by atoms with Crippen LogP contribution >= 0.6 is 0 Å². The first-order valence-corrected chi connectivity index (χ1v) is 32.6. The van der Waals surface area contributed by atoms with Gasteiger partial charge in [0, 0.05) is 19.3 Å². The van der Waals surface area contributed by atoms with E-state index in [2.05, 4.69) is 106 Å². The number of ether oxygens (including phenoxy) is 3. The first-order valence-electron chi connectivity index (χ1n) is 32.6. The molecule has 438 valence electrons. The van der Waals surface area contributed by atoms with Crippen LogP contribution < -0.4 is 0 Å². The van der Waals surface area contributed by atoms with Crippen molar-refractivity contribution in [2.45, 2.75) is 329 Å². The summed E-state index contributed by atoms with van der Waals surface area (Å²) in [6.45, 7) is 6.45. The Morgan fingerprint density at radius 1 is 0.276 bits per heavy atom. The molecule has 0 amide bonds. The van der Waals surface area contributed by atoms with E-state index in [9.17, 15) is 14.4 Å². The van der Waals surface area contributed by atoms with Crippen LogP contribution in [0.1, 0.15) is 323 Å². The summed E-state index contributed by atoms with van der Waals surface area (Å²) in [4.78, 5) is 38.3. The van der Waals surface area contributed by atoms with Crippen molar-refractivity contribution in [1.29, 1.82) is 0 Å². The minimum Gasteiger partial charge on any atom is -0.462 e. The standard InChI is InChI=1S/C70H122O6/c1-4-7-10-13-16-19-22-25-28-30-31-32-33-34-35-36-37-38-39-41-42-45-48-51-54-57-60-63-69(72)75-66-67(65-74-68(71)62-59-56-53-50-47-44-27-24-21-18-15-12-9-6-3)76-70(73)64-61-58-55-52-49-46-43-40-29-26-23-20-17-14-11-8-5-2/h7-8,10-11,16-17,19-20,25-26,28-29,31-32,67H,4-6,9,12-15,18,21-24,27,30,33-66H2,1-3H3/b10-7-,11-8-,19-16-,20-17-,28-25-,29-26-,32-31-. The Bertz CT molecular complexity index is 1450. The predicted octanol–water partition coefficient (Wildman–Crippen LogP) is 22.3. The first-order chi connectivity index (χ1) is 37.5. The Balaban J connectivity index is 4.27. The molecule has 0 bridgehead atoms. The van der Waals surface area contributed by atoms with Gasteiger partial charge in [0.15, 0.2) is 6.10 Å². The van der Waals surface area contributed by atoms with Gasteiger partial charge in [0.25, 0.3) is 0 Å². The number of rotatable bonds is 59. The largest absolute Gasteiger partial charge is 0.462 e. The SMILES string of the molecule is CC/C=C\C/C=C\C/C=C\C/C=C\CCCCCCCCCCCCCCCCC(=O)OCC(COC(=O)CCCCCCCCCCCCCCCC)OC(=O)CCCCCCCCC/C=C\C/C=C\C/C=C\CC. The predicted molar refractivity (Wildman–Crippen MR) is 330 cm³/mol. The van der Waals surface area contributed by atoms with Crippen molar-refractivity contribution in [2.75, 3.05) is 13.2 Å². The molecule has 0 N–H and O–H groups in total. The third-order valence-electron chi connectivity index (χ3n) is 14.1. The van der Waals surface area contributed by atoms with Gasteiger partial charge in [-0.15, -0.1) is 0 Å². The van der Waals surface area contributed by atoms with Crippen LogP contribution in [-0.4, -0.2) is 37.2 Å². The van der Waals surface area contributed by atoms with E-state index < -0.39 is 6.10 Å². The molecule has 1 atom stereocenters. The molecule has 0 aromatic rings. The molecule has 0 heterocycles. The Hall–Kier alpha value is -3.41. The number of unbranched alkanes of at least 4 members (excludes halogenated alkanes) is 34. The van der Waals surface area contributed by atoms with Gasteiger partial charge < -0.3 is 14.2 Å². The smallest absolute Gasteiger partial charge is 0.306 e. The van der Waals surface area contributed by atoms with Crippen molar-refractivity contribution < 1.29 is 28.6 Å². The lowest BCUT2D eigenvalue weighted by molar-refractivity contribution is -0.167. The number of allylic oxidation sites excluding steroid dienone is 14. The maximum Gasteiger partial charge on any atom is 0.306 e. The Kier molecular flexibility index (Phi) is 61.2. The van der Waals surface area contributed by atoms with Crippen LogP contribution in [0.5, 0.6) is 0 Å². The molecule has 0 spiro atoms. The molecule has 6 nitrogen and oxygen atoms in total. The van der Waals surface area contributed by atoms with Gasteiger partial charge in [0.1, 0.15) is 13.2 Å². The lowest BCUT2D eigenvalue weighted by atomic mass is 10.0. The summed E-state index contributed by atoms with van der Waals surface area (Å²) in [7, 11) is 0. The third kappa shape index (κ3) is 61.4. The highest BCUT2D eigenvalue weighted by atomic mass is 16.6. The van der Waals surface area contributed by atoms with E-state index >= 15 is 0 Å². The normalized spacial score (nSPS) is 12.6. The average molecular weight is 1060 g/mol. The molecule has 0 aliphatic rings. The van der Waals surface area contributed by atoms with Crippen LogP contribution in [0.2, 0.25) is 0 Å². The molecule has 76 heavy (non-hydrogen) atoms. The van der Waals surface area contributed by atoms with Gasteiger partial charge >= 0.3 is 17.9 Å². The van der Waals surface area contributed by atoms with Gasteiger partial charge in [-0.2, -0.15) is 0 Å². The molecule has 0 saturated carbocycles. The molecule has 0 aliphatic heterocycles. The molecule has 0 aromatic carbocycles. The second-order valence-electron chi connectivity index (χ2n) is 21.6. The Morgan fingerprint density at radius 3 is 0.803 bits per heavy atom. The highest BCUT2D eigenvalue weighted by Crippen LogP contribution is 2.17. The number of hydrogen-bond donors (Lipinski definition) is 0. The summed E-state index contributed by atoms with van der Waals surface area (Å²) in [6.07, 6.45) is 84.5. The molecule has 0 radical (unpaired) electrons. The molecule has 0 fully saturated rings. The molecule has 0 rings (SSSR count). The topological polar surface area (TPSA) is 78.9 Å². The highest BCUT2D eigenvalue weighted by molar-refractivity contribution is 5.71. The summed E-state index contributed by atoms with van der Waals surface area (Å²) in [5.41, 5.74) is 0. The summed E-state index contributed by atoms with van der Waals surface area (Å²) >= 11 is 0. The van der Waals surface area contributed by atoms with Crippen molar-refractivity contribution in [3.8, 4) is 0 Å². The second kappa shape index (κ2) is 64.1. The quantitative estimate of drug-likeness (QED) is 0.0261. The summed E-state index contributed by atoms with van der Waals surface area (Å²) in [5.74, 6) is -0.872. The van der Waals surface area contributed by atoms with Gasteiger partial charge in [-0.1, -0.05) is 298 Å². The van der Waals surface area contributed by atoms with E-state index in [0.29, 0.717) is 19.3 Å². The molecular weight excluding hydrogens is 937 g/mol. The summed E-state index contributed by atoms with van der Waals surface area (Å²) in [6, 6.07) is 0. The molecule has 0 aliphatic carbocycles. The van der Waals surface area contributed by atoms with Gasteiger partial charge in [-0.05, 0) is 89.9 Å². The second-order valence-corrected chi connectivity index (χ2v) is 21.6. The van der Waals surface area contributed by atoms with Crippen molar-refractivity contribution in [3.05, 3.63) is 85.1 Å². The molecule has 0 saturated heterocycles. The fourth-order valence-corrected chi connectivity index (χ4v) is 9.33. The zero-order chi connectivity index (χ0) is 55.0. The Labute approximate surface area is 471 Å². The number of hydrogen-bond acceptors (Lipinski definition) is 6. The minimum absolute atomic E-state index is 0.0766. The monoisotopic (exact) mass is 1060 g/mol. The molecule has 6 heteroatoms. The number of carbonyl (C=O) groups excluding carboxylic acids is 3. The van der Waals surface area contributed by atoms with E-state index in [1.807, 2.05) is 0 Å². The fourth-order valence-electron chi connectivity index (χ4n) is 9.33. The van der Waals surface area contributed by atoms with Crippen LogP contribution in [0.25, 0.3) is 0 Å². The zero-order valence-corrected chi connectivity index (χ0v) is 50.3. The van der Waals surface area contributed by atoms with Crippen molar-refractivity contribution >= 4 is 17.9 Å². The molecular formula is C70H122O6. The van der Waals surface area contributed by atoms with E-state index in [4.69, 9.17) is 14.2 Å². The summed E-state index contributed by atoms with van der Waals surface area (Å²) in [5, 5.41) is 0. The van der Waals surface area contributed by atoms with Gasteiger partial charge in [0.2, 0.25) is 0 Å². The van der Waals surface area contributed by atoms with E-state index in [1.165, 1.54) is 173 Å². The fraction of sp³-hybridized carbons (Fsp3) is 0.757. The highest BCUT2D eigenvalue weighted by Gasteiger charge is 2.19. The number of carbonyl (C=O) groups is 3. The Morgan fingerprint density at radius 2 is 0.513 bits per heavy atom. The van der Waals surface area contributed by atoms with Crippen molar-refractivity contribution in [3.63, 3.8) is 0 Å².